The molecule has 1 aliphatic rings. The van der Waals surface area contributed by atoms with E-state index in [4.69, 9.17) is 4.98 Å². The van der Waals surface area contributed by atoms with E-state index in [1.807, 2.05) is 12.3 Å². The normalized spacial score (nSPS) is 14.8. The monoisotopic (exact) mass is 275 g/mol. The maximum Gasteiger partial charge on any atom is 0.225 e. The summed E-state index contributed by atoms with van der Waals surface area (Å²) in [7, 11) is 0. The molecule has 0 spiro atoms. The first-order chi connectivity index (χ1) is 10.4. The van der Waals surface area contributed by atoms with Crippen molar-refractivity contribution in [2.45, 2.75) is 12.8 Å². The highest BCUT2D eigenvalue weighted by Crippen LogP contribution is 2.24. The second-order valence-corrected chi connectivity index (χ2v) is 5.50. The topological polar surface area (TPSA) is 29.0 Å². The predicted octanol–water partition coefficient (Wildman–Crippen LogP) is 3.90. The van der Waals surface area contributed by atoms with Crippen LogP contribution in [0.1, 0.15) is 12.8 Å². The summed E-state index contributed by atoms with van der Waals surface area (Å²) in [5, 5.41) is 2.51. The molecule has 1 aliphatic heterocycles. The maximum absolute atomic E-state index is 4.75. The predicted molar refractivity (Wildman–Crippen MR) is 86.4 cm³/mol. The Balaban J connectivity index is 1.75. The lowest BCUT2D eigenvalue weighted by Crippen LogP contribution is -2.20. The van der Waals surface area contributed by atoms with Crippen LogP contribution in [0.3, 0.4) is 0 Å². The van der Waals surface area contributed by atoms with Crippen molar-refractivity contribution >= 4 is 16.7 Å². The first-order valence-corrected chi connectivity index (χ1v) is 7.47. The van der Waals surface area contributed by atoms with Gasteiger partial charge in [0.05, 0.1) is 5.69 Å². The quantitative estimate of drug-likeness (QED) is 0.710. The molecule has 0 aliphatic carbocycles. The average Bonchev–Trinajstić information content (AvgIpc) is 3.09. The summed E-state index contributed by atoms with van der Waals surface area (Å²) in [6.07, 6.45) is 4.35. The van der Waals surface area contributed by atoms with Crippen LogP contribution in [-0.2, 0) is 0 Å². The number of anilines is 1. The molecule has 3 nitrogen and oxygen atoms in total. The molecule has 0 saturated carbocycles. The Hall–Kier alpha value is -2.42. The molecule has 3 heteroatoms. The van der Waals surface area contributed by atoms with Gasteiger partial charge < -0.3 is 4.90 Å². The molecule has 0 unspecified atom stereocenters. The van der Waals surface area contributed by atoms with Crippen molar-refractivity contribution in [3.63, 3.8) is 0 Å². The fourth-order valence-electron chi connectivity index (χ4n) is 2.93. The van der Waals surface area contributed by atoms with E-state index in [0.29, 0.717) is 0 Å². The molecule has 4 rings (SSSR count). The number of aromatic nitrogens is 2. The van der Waals surface area contributed by atoms with Crippen LogP contribution in [0.2, 0.25) is 0 Å². The lowest BCUT2D eigenvalue weighted by molar-refractivity contribution is 0.900. The van der Waals surface area contributed by atoms with Crippen LogP contribution in [0, 0.1) is 0 Å². The van der Waals surface area contributed by atoms with E-state index in [1.165, 1.54) is 23.6 Å². The zero-order valence-electron chi connectivity index (χ0n) is 11.9. The molecule has 1 saturated heterocycles. The molecule has 0 atom stereocenters. The Bertz CT molecular complexity index is 776. The van der Waals surface area contributed by atoms with Gasteiger partial charge in [0.1, 0.15) is 0 Å². The van der Waals surface area contributed by atoms with E-state index in [9.17, 15) is 0 Å². The molecular formula is C18H17N3. The highest BCUT2D eigenvalue weighted by molar-refractivity contribution is 5.86. The number of hydrogen-bond acceptors (Lipinski definition) is 3. The van der Waals surface area contributed by atoms with Crippen molar-refractivity contribution in [1.82, 2.24) is 9.97 Å². The van der Waals surface area contributed by atoms with Gasteiger partial charge in [-0.15, -0.1) is 0 Å². The number of benzene rings is 2. The van der Waals surface area contributed by atoms with Gasteiger partial charge in [-0.25, -0.2) is 9.97 Å². The van der Waals surface area contributed by atoms with Gasteiger partial charge in [0, 0.05) is 24.8 Å². The molecule has 21 heavy (non-hydrogen) atoms. The second-order valence-electron chi connectivity index (χ2n) is 5.50. The lowest BCUT2D eigenvalue weighted by atomic mass is 10.1. The van der Waals surface area contributed by atoms with E-state index < -0.39 is 0 Å². The SMILES string of the molecule is c1ccc2cc(-c3ccnc(N4CCCC4)n3)ccc2c1. The number of fused-ring (bicyclic) bond motifs is 1. The van der Waals surface area contributed by atoms with Gasteiger partial charge in [-0.05, 0) is 35.7 Å². The molecule has 0 amide bonds. The van der Waals surface area contributed by atoms with Crippen LogP contribution >= 0.6 is 0 Å². The van der Waals surface area contributed by atoms with Gasteiger partial charge in [0.15, 0.2) is 0 Å². The van der Waals surface area contributed by atoms with E-state index in [1.54, 1.807) is 0 Å². The van der Waals surface area contributed by atoms with E-state index >= 15 is 0 Å². The third kappa shape index (κ3) is 2.35. The van der Waals surface area contributed by atoms with E-state index in [0.717, 1.165) is 30.3 Å². The molecule has 2 aromatic carbocycles. The summed E-state index contributed by atoms with van der Waals surface area (Å²) in [4.78, 5) is 11.4. The number of rotatable bonds is 2. The minimum atomic E-state index is 0.859. The van der Waals surface area contributed by atoms with Gasteiger partial charge in [-0.3, -0.25) is 0 Å². The summed E-state index contributed by atoms with van der Waals surface area (Å²) in [6.45, 7) is 2.14. The van der Waals surface area contributed by atoms with Gasteiger partial charge in [0.25, 0.3) is 0 Å². The highest BCUT2D eigenvalue weighted by atomic mass is 15.3. The Morgan fingerprint density at radius 1 is 0.857 bits per heavy atom. The van der Waals surface area contributed by atoms with Crippen LogP contribution in [0.5, 0.6) is 0 Å². The van der Waals surface area contributed by atoms with Crippen molar-refractivity contribution in [3.05, 3.63) is 54.7 Å². The third-order valence-electron chi connectivity index (χ3n) is 4.08. The fourth-order valence-corrected chi connectivity index (χ4v) is 2.93. The van der Waals surface area contributed by atoms with Crippen LogP contribution in [0.4, 0.5) is 5.95 Å². The molecule has 2 heterocycles. The van der Waals surface area contributed by atoms with Crippen molar-refractivity contribution in [3.8, 4) is 11.3 Å². The first-order valence-electron chi connectivity index (χ1n) is 7.47. The van der Waals surface area contributed by atoms with Crippen molar-refractivity contribution < 1.29 is 0 Å². The Labute approximate surface area is 124 Å². The summed E-state index contributed by atoms with van der Waals surface area (Å²) in [6, 6.07) is 16.9. The van der Waals surface area contributed by atoms with Crippen molar-refractivity contribution in [2.24, 2.45) is 0 Å². The van der Waals surface area contributed by atoms with Crippen LogP contribution < -0.4 is 4.90 Å². The van der Waals surface area contributed by atoms with Crippen LogP contribution in [-0.4, -0.2) is 23.1 Å². The van der Waals surface area contributed by atoms with Crippen LogP contribution in [0.25, 0.3) is 22.0 Å². The van der Waals surface area contributed by atoms with Gasteiger partial charge in [0.2, 0.25) is 5.95 Å². The molecule has 0 N–H and O–H groups in total. The Morgan fingerprint density at radius 3 is 2.52 bits per heavy atom. The zero-order chi connectivity index (χ0) is 14.1. The summed E-state index contributed by atoms with van der Waals surface area (Å²) in [5.74, 6) is 0.859. The molecule has 104 valence electrons. The van der Waals surface area contributed by atoms with Crippen LogP contribution in [0.15, 0.2) is 54.7 Å². The summed E-state index contributed by atoms with van der Waals surface area (Å²) < 4.78 is 0. The molecular weight excluding hydrogens is 258 g/mol. The maximum atomic E-state index is 4.75. The smallest absolute Gasteiger partial charge is 0.225 e. The Morgan fingerprint density at radius 2 is 1.67 bits per heavy atom. The largest absolute Gasteiger partial charge is 0.341 e. The van der Waals surface area contributed by atoms with Gasteiger partial charge in [-0.1, -0.05) is 36.4 Å². The lowest BCUT2D eigenvalue weighted by Gasteiger charge is -2.15. The number of nitrogens with zero attached hydrogens (tertiary/aromatic N) is 3. The minimum Gasteiger partial charge on any atom is -0.341 e. The van der Waals surface area contributed by atoms with Gasteiger partial charge in [-0.2, -0.15) is 0 Å². The first kappa shape index (κ1) is 12.3. The zero-order valence-corrected chi connectivity index (χ0v) is 11.9. The molecule has 1 fully saturated rings. The van der Waals surface area contributed by atoms with Crippen molar-refractivity contribution in [2.75, 3.05) is 18.0 Å². The number of hydrogen-bond donors (Lipinski definition) is 0. The molecule has 0 radical (unpaired) electrons. The molecule has 3 aromatic rings. The van der Waals surface area contributed by atoms with E-state index in [-0.39, 0.29) is 0 Å². The standard InChI is InChI=1S/C18H17N3/c1-2-6-15-13-16(8-7-14(15)5-1)17-9-10-19-18(20-17)21-11-3-4-12-21/h1-2,5-10,13H,3-4,11-12H2. The highest BCUT2D eigenvalue weighted by Gasteiger charge is 2.15. The molecule has 0 bridgehead atoms. The summed E-state index contributed by atoms with van der Waals surface area (Å²) >= 11 is 0. The fraction of sp³-hybridized carbons (Fsp3) is 0.222. The minimum absolute atomic E-state index is 0.859. The van der Waals surface area contributed by atoms with Gasteiger partial charge >= 0.3 is 0 Å². The second kappa shape index (κ2) is 5.17. The van der Waals surface area contributed by atoms with Crippen molar-refractivity contribution in [1.29, 1.82) is 0 Å². The third-order valence-corrected chi connectivity index (χ3v) is 4.08. The van der Waals surface area contributed by atoms with E-state index in [2.05, 4.69) is 52.3 Å². The molecule has 1 aromatic heterocycles. The average molecular weight is 275 g/mol. The Kier molecular flexibility index (Phi) is 3.03. The summed E-state index contributed by atoms with van der Waals surface area (Å²) in [5.41, 5.74) is 2.15.